The molecular weight excluding hydrogens is 272 g/mol. The first kappa shape index (κ1) is 15.6. The lowest BCUT2D eigenvalue weighted by atomic mass is 10.1. The van der Waals surface area contributed by atoms with Gasteiger partial charge >= 0.3 is 0 Å². The maximum Gasteiger partial charge on any atom is 0.261 e. The highest BCUT2D eigenvalue weighted by Crippen LogP contribution is 2.27. The summed E-state index contributed by atoms with van der Waals surface area (Å²) in [6, 6.07) is 4.54. The molecule has 0 bridgehead atoms. The van der Waals surface area contributed by atoms with E-state index in [4.69, 9.17) is 4.74 Å². The third-order valence-electron chi connectivity index (χ3n) is 3.69. The molecule has 6 nitrogen and oxygen atoms in total. The average Bonchev–Trinajstić information content (AvgIpc) is 2.96. The lowest BCUT2D eigenvalue weighted by molar-refractivity contribution is 0.0673. The maximum absolute atomic E-state index is 12.6. The van der Waals surface area contributed by atoms with Gasteiger partial charge in [-0.3, -0.25) is 4.79 Å². The summed E-state index contributed by atoms with van der Waals surface area (Å²) in [6.45, 7) is 2.32. The number of aromatic hydroxyl groups is 2. The first-order valence-corrected chi connectivity index (χ1v) is 7.16. The predicted molar refractivity (Wildman–Crippen MR) is 78.6 cm³/mol. The van der Waals surface area contributed by atoms with Crippen LogP contribution in [0.3, 0.4) is 0 Å². The zero-order valence-electron chi connectivity index (χ0n) is 12.2. The molecule has 1 amide bonds. The molecule has 0 radical (unpaired) electrons. The molecule has 3 N–H and O–H groups in total. The van der Waals surface area contributed by atoms with Crippen molar-refractivity contribution in [1.29, 1.82) is 0 Å². The van der Waals surface area contributed by atoms with E-state index in [1.807, 2.05) is 0 Å². The van der Waals surface area contributed by atoms with Crippen LogP contribution in [0.4, 0.5) is 0 Å². The van der Waals surface area contributed by atoms with Crippen LogP contribution in [0, 0.1) is 0 Å². The fourth-order valence-electron chi connectivity index (χ4n) is 2.56. The Hall–Kier alpha value is -1.79. The number of carbonyl (C=O) groups is 1. The molecule has 116 valence electrons. The largest absolute Gasteiger partial charge is 0.507 e. The Morgan fingerprint density at radius 1 is 1.43 bits per heavy atom. The third-order valence-corrected chi connectivity index (χ3v) is 3.69. The van der Waals surface area contributed by atoms with E-state index in [9.17, 15) is 15.0 Å². The van der Waals surface area contributed by atoms with E-state index < -0.39 is 0 Å². The Morgan fingerprint density at radius 2 is 2.14 bits per heavy atom. The molecule has 1 aliphatic rings. The summed E-state index contributed by atoms with van der Waals surface area (Å²) in [7, 11) is 1.58. The van der Waals surface area contributed by atoms with Crippen molar-refractivity contribution in [2.45, 2.75) is 18.9 Å². The number of amides is 1. The number of methoxy groups -OCH3 is 1. The summed E-state index contributed by atoms with van der Waals surface area (Å²) in [4.78, 5) is 14.2. The summed E-state index contributed by atoms with van der Waals surface area (Å²) >= 11 is 0. The number of rotatable bonds is 6. The molecule has 0 aliphatic carbocycles. The van der Waals surface area contributed by atoms with Gasteiger partial charge in [-0.2, -0.15) is 0 Å². The number of phenols is 2. The summed E-state index contributed by atoms with van der Waals surface area (Å²) in [6.07, 6.45) is 2.11. The predicted octanol–water partition coefficient (Wildman–Crippen LogP) is 0.938. The third kappa shape index (κ3) is 3.86. The second-order valence-corrected chi connectivity index (χ2v) is 5.21. The van der Waals surface area contributed by atoms with E-state index in [1.54, 1.807) is 12.0 Å². The van der Waals surface area contributed by atoms with Gasteiger partial charge in [0.1, 0.15) is 17.1 Å². The zero-order chi connectivity index (χ0) is 15.2. The average molecular weight is 294 g/mol. The van der Waals surface area contributed by atoms with Crippen molar-refractivity contribution in [2.24, 2.45) is 0 Å². The van der Waals surface area contributed by atoms with Crippen molar-refractivity contribution in [3.63, 3.8) is 0 Å². The van der Waals surface area contributed by atoms with Crippen molar-refractivity contribution in [3.05, 3.63) is 23.8 Å². The minimum atomic E-state index is -0.378. The first-order valence-electron chi connectivity index (χ1n) is 7.16. The first-order chi connectivity index (χ1) is 10.1. The van der Waals surface area contributed by atoms with Crippen molar-refractivity contribution < 1.29 is 19.7 Å². The Bertz CT molecular complexity index is 466. The Morgan fingerprint density at radius 3 is 2.71 bits per heavy atom. The van der Waals surface area contributed by atoms with Crippen LogP contribution in [0.2, 0.25) is 0 Å². The van der Waals surface area contributed by atoms with Crippen LogP contribution >= 0.6 is 0 Å². The van der Waals surface area contributed by atoms with Crippen molar-refractivity contribution in [2.75, 3.05) is 33.4 Å². The summed E-state index contributed by atoms with van der Waals surface area (Å²) in [5, 5.41) is 23.0. The van der Waals surface area contributed by atoms with Crippen LogP contribution in [-0.2, 0) is 4.74 Å². The van der Waals surface area contributed by atoms with Gasteiger partial charge in [-0.15, -0.1) is 0 Å². The molecule has 1 saturated heterocycles. The highest BCUT2D eigenvalue weighted by atomic mass is 16.5. The van der Waals surface area contributed by atoms with Gasteiger partial charge in [0.05, 0.1) is 6.61 Å². The minimum absolute atomic E-state index is 0.0494. The van der Waals surface area contributed by atoms with Gasteiger partial charge < -0.3 is 25.2 Å². The molecule has 1 fully saturated rings. The van der Waals surface area contributed by atoms with Crippen LogP contribution < -0.4 is 5.32 Å². The number of carbonyl (C=O) groups excluding carboxylic acids is 1. The Labute approximate surface area is 124 Å². The smallest absolute Gasteiger partial charge is 0.261 e. The lowest BCUT2D eigenvalue weighted by Gasteiger charge is -2.26. The van der Waals surface area contributed by atoms with E-state index in [0.29, 0.717) is 19.7 Å². The SMILES string of the molecule is COCCN(CC1CCCN1)C(=O)c1c(O)cccc1O. The number of benzene rings is 1. The van der Waals surface area contributed by atoms with Crippen molar-refractivity contribution >= 4 is 5.91 Å². The zero-order valence-corrected chi connectivity index (χ0v) is 12.2. The minimum Gasteiger partial charge on any atom is -0.507 e. The molecule has 21 heavy (non-hydrogen) atoms. The quantitative estimate of drug-likeness (QED) is 0.727. The molecule has 0 aromatic heterocycles. The van der Waals surface area contributed by atoms with Crippen LogP contribution in [0.25, 0.3) is 0 Å². The molecular formula is C15H22N2O4. The highest BCUT2D eigenvalue weighted by Gasteiger charge is 2.25. The summed E-state index contributed by atoms with van der Waals surface area (Å²) in [5.74, 6) is -0.792. The Kier molecular flexibility index (Phi) is 5.41. The fraction of sp³-hybridized carbons (Fsp3) is 0.533. The number of hydrogen-bond acceptors (Lipinski definition) is 5. The van der Waals surface area contributed by atoms with Gasteiger partial charge in [-0.05, 0) is 31.5 Å². The van der Waals surface area contributed by atoms with Crippen LogP contribution in [0.1, 0.15) is 23.2 Å². The van der Waals surface area contributed by atoms with Crippen molar-refractivity contribution in [1.82, 2.24) is 10.2 Å². The van der Waals surface area contributed by atoms with Gasteiger partial charge in [-0.1, -0.05) is 6.07 Å². The molecule has 1 aromatic carbocycles. The topological polar surface area (TPSA) is 82.0 Å². The molecule has 1 heterocycles. The second kappa shape index (κ2) is 7.28. The summed E-state index contributed by atoms with van der Waals surface area (Å²) < 4.78 is 5.04. The monoisotopic (exact) mass is 294 g/mol. The van der Waals surface area contributed by atoms with Gasteiger partial charge in [0, 0.05) is 26.2 Å². The number of phenolic OH excluding ortho intramolecular Hbond substituents is 2. The number of nitrogens with zero attached hydrogens (tertiary/aromatic N) is 1. The molecule has 6 heteroatoms. The maximum atomic E-state index is 12.6. The molecule has 1 atom stereocenters. The van der Waals surface area contributed by atoms with Crippen LogP contribution in [-0.4, -0.2) is 60.4 Å². The second-order valence-electron chi connectivity index (χ2n) is 5.21. The van der Waals surface area contributed by atoms with E-state index in [0.717, 1.165) is 19.4 Å². The normalized spacial score (nSPS) is 17.9. The number of ether oxygens (including phenoxy) is 1. The van der Waals surface area contributed by atoms with Crippen LogP contribution in [0.15, 0.2) is 18.2 Å². The highest BCUT2D eigenvalue weighted by molar-refractivity contribution is 5.99. The van der Waals surface area contributed by atoms with E-state index >= 15 is 0 Å². The van der Waals surface area contributed by atoms with E-state index in [2.05, 4.69) is 5.32 Å². The van der Waals surface area contributed by atoms with E-state index in [-0.39, 0.29) is 29.0 Å². The van der Waals surface area contributed by atoms with Gasteiger partial charge in [-0.25, -0.2) is 0 Å². The summed E-state index contributed by atoms with van der Waals surface area (Å²) in [5.41, 5.74) is -0.0494. The van der Waals surface area contributed by atoms with E-state index in [1.165, 1.54) is 18.2 Å². The molecule has 0 saturated carbocycles. The molecule has 2 rings (SSSR count). The van der Waals surface area contributed by atoms with Gasteiger partial charge in [0.2, 0.25) is 0 Å². The standard InChI is InChI=1S/C15H22N2O4/c1-21-9-8-17(10-11-4-3-7-16-11)15(20)14-12(18)5-2-6-13(14)19/h2,5-6,11,16,18-19H,3-4,7-10H2,1H3. The fourth-order valence-corrected chi connectivity index (χ4v) is 2.56. The lowest BCUT2D eigenvalue weighted by Crippen LogP contribution is -2.42. The molecule has 1 aliphatic heterocycles. The van der Waals surface area contributed by atoms with Crippen molar-refractivity contribution in [3.8, 4) is 11.5 Å². The Balaban J connectivity index is 2.16. The number of hydrogen-bond donors (Lipinski definition) is 3. The van der Waals surface area contributed by atoms with Gasteiger partial charge in [0.25, 0.3) is 5.91 Å². The number of nitrogens with one attached hydrogen (secondary N) is 1. The van der Waals surface area contributed by atoms with Gasteiger partial charge in [0.15, 0.2) is 0 Å². The molecule has 0 spiro atoms. The molecule has 1 unspecified atom stereocenters. The van der Waals surface area contributed by atoms with Crippen LogP contribution in [0.5, 0.6) is 11.5 Å². The molecule has 1 aromatic rings.